The highest BCUT2D eigenvalue weighted by atomic mass is 16.5. The average Bonchev–Trinajstić information content (AvgIpc) is 2.50. The van der Waals surface area contributed by atoms with Gasteiger partial charge >= 0.3 is 0 Å². The molecule has 1 saturated heterocycles. The van der Waals surface area contributed by atoms with Crippen molar-refractivity contribution >= 4 is 5.96 Å². The minimum atomic E-state index is -0.0460. The highest BCUT2D eigenvalue weighted by Crippen LogP contribution is 2.51. The van der Waals surface area contributed by atoms with Crippen molar-refractivity contribution in [2.45, 2.75) is 51.7 Å². The third-order valence-corrected chi connectivity index (χ3v) is 6.09. The van der Waals surface area contributed by atoms with Crippen LogP contribution in [-0.2, 0) is 4.74 Å². The summed E-state index contributed by atoms with van der Waals surface area (Å²) in [5, 5.41) is 7.09. The number of hydrogen-bond acceptors (Lipinski definition) is 3. The van der Waals surface area contributed by atoms with E-state index in [9.17, 15) is 0 Å². The van der Waals surface area contributed by atoms with Crippen LogP contribution in [0.2, 0.25) is 0 Å². The summed E-state index contributed by atoms with van der Waals surface area (Å²) in [6.45, 7) is 10.1. The SMILES string of the molecule is CN=C(NCC1CCCN(C)C1)NC1CC(C)(OC)C1(C)C. The highest BCUT2D eigenvalue weighted by Gasteiger charge is 2.58. The van der Waals surface area contributed by atoms with Gasteiger partial charge in [0, 0.05) is 38.7 Å². The zero-order valence-electron chi connectivity index (χ0n) is 15.2. The Balaban J connectivity index is 1.81. The van der Waals surface area contributed by atoms with Crippen LogP contribution >= 0.6 is 0 Å². The predicted octanol–water partition coefficient (Wildman–Crippen LogP) is 1.70. The van der Waals surface area contributed by atoms with Crippen molar-refractivity contribution in [1.82, 2.24) is 15.5 Å². The van der Waals surface area contributed by atoms with E-state index in [1.165, 1.54) is 25.9 Å². The molecule has 1 saturated carbocycles. The molecule has 5 heteroatoms. The maximum atomic E-state index is 5.70. The third-order valence-electron chi connectivity index (χ3n) is 6.09. The fourth-order valence-electron chi connectivity index (χ4n) is 3.76. The van der Waals surface area contributed by atoms with Crippen molar-refractivity contribution in [3.05, 3.63) is 0 Å². The number of hydrogen-bond donors (Lipinski definition) is 2. The number of rotatable bonds is 4. The lowest BCUT2D eigenvalue weighted by molar-refractivity contribution is -0.176. The maximum absolute atomic E-state index is 5.70. The predicted molar refractivity (Wildman–Crippen MR) is 92.3 cm³/mol. The normalized spacial score (nSPS) is 35.8. The fraction of sp³-hybridized carbons (Fsp3) is 0.941. The van der Waals surface area contributed by atoms with Crippen LogP contribution in [0.4, 0.5) is 0 Å². The second-order valence-electron chi connectivity index (χ2n) is 7.78. The Hall–Kier alpha value is -0.810. The van der Waals surface area contributed by atoms with Gasteiger partial charge in [-0.25, -0.2) is 0 Å². The van der Waals surface area contributed by atoms with E-state index in [4.69, 9.17) is 4.74 Å². The molecule has 0 amide bonds. The molecule has 2 rings (SSSR count). The second-order valence-corrected chi connectivity index (χ2v) is 7.78. The summed E-state index contributed by atoms with van der Waals surface area (Å²) >= 11 is 0. The Kier molecular flexibility index (Phi) is 5.38. The van der Waals surface area contributed by atoms with Crippen molar-refractivity contribution in [1.29, 1.82) is 0 Å². The van der Waals surface area contributed by atoms with E-state index >= 15 is 0 Å². The summed E-state index contributed by atoms with van der Waals surface area (Å²) in [7, 11) is 5.87. The molecule has 2 aliphatic rings. The molecule has 5 nitrogen and oxygen atoms in total. The standard InChI is InChI=1S/C17H34N4O/c1-16(2)14(10-17(16,3)22-6)20-15(18-4)19-11-13-8-7-9-21(5)12-13/h13-14H,7-12H2,1-6H3,(H2,18,19,20). The van der Waals surface area contributed by atoms with Crippen LogP contribution in [0.25, 0.3) is 0 Å². The molecule has 128 valence electrons. The summed E-state index contributed by atoms with van der Waals surface area (Å²) in [5.41, 5.74) is 0.0556. The van der Waals surface area contributed by atoms with E-state index in [0.717, 1.165) is 24.8 Å². The highest BCUT2D eigenvalue weighted by molar-refractivity contribution is 5.80. The van der Waals surface area contributed by atoms with Gasteiger partial charge in [0.1, 0.15) is 0 Å². The molecule has 1 aliphatic heterocycles. The summed E-state index contributed by atoms with van der Waals surface area (Å²) in [6, 6.07) is 0.401. The van der Waals surface area contributed by atoms with Crippen LogP contribution < -0.4 is 10.6 Å². The first-order valence-corrected chi connectivity index (χ1v) is 8.53. The van der Waals surface area contributed by atoms with E-state index in [1.807, 2.05) is 14.2 Å². The van der Waals surface area contributed by atoms with Gasteiger partial charge < -0.3 is 20.3 Å². The van der Waals surface area contributed by atoms with Gasteiger partial charge in [-0.1, -0.05) is 13.8 Å². The lowest BCUT2D eigenvalue weighted by atomic mass is 9.56. The van der Waals surface area contributed by atoms with Crippen molar-refractivity contribution in [2.24, 2.45) is 16.3 Å². The molecule has 0 radical (unpaired) electrons. The minimum absolute atomic E-state index is 0.0460. The largest absolute Gasteiger partial charge is 0.378 e. The first-order valence-electron chi connectivity index (χ1n) is 8.53. The van der Waals surface area contributed by atoms with Gasteiger partial charge in [-0.3, -0.25) is 4.99 Å². The molecular formula is C17H34N4O. The van der Waals surface area contributed by atoms with E-state index in [0.29, 0.717) is 6.04 Å². The van der Waals surface area contributed by atoms with Crippen LogP contribution in [-0.4, -0.2) is 63.3 Å². The van der Waals surface area contributed by atoms with Crippen molar-refractivity contribution in [3.8, 4) is 0 Å². The molecule has 0 aromatic rings. The van der Waals surface area contributed by atoms with Crippen molar-refractivity contribution < 1.29 is 4.74 Å². The number of likely N-dealkylation sites (tertiary alicyclic amines) is 1. The first-order chi connectivity index (χ1) is 10.3. The summed E-state index contributed by atoms with van der Waals surface area (Å²) < 4.78 is 5.70. The molecule has 0 bridgehead atoms. The Morgan fingerprint density at radius 2 is 2.09 bits per heavy atom. The van der Waals surface area contributed by atoms with Crippen molar-refractivity contribution in [3.63, 3.8) is 0 Å². The van der Waals surface area contributed by atoms with Gasteiger partial charge in [-0.2, -0.15) is 0 Å². The number of piperidine rings is 1. The van der Waals surface area contributed by atoms with E-state index in [1.54, 1.807) is 0 Å². The molecular weight excluding hydrogens is 276 g/mol. The smallest absolute Gasteiger partial charge is 0.191 e. The van der Waals surface area contributed by atoms with E-state index in [-0.39, 0.29) is 11.0 Å². The van der Waals surface area contributed by atoms with Gasteiger partial charge in [0.25, 0.3) is 0 Å². The van der Waals surface area contributed by atoms with Gasteiger partial charge in [0.15, 0.2) is 5.96 Å². The summed E-state index contributed by atoms with van der Waals surface area (Å²) in [6.07, 6.45) is 3.63. The topological polar surface area (TPSA) is 48.9 Å². The Labute approximate surface area is 135 Å². The molecule has 0 spiro atoms. The zero-order valence-corrected chi connectivity index (χ0v) is 15.2. The molecule has 1 heterocycles. The molecule has 2 N–H and O–H groups in total. The summed E-state index contributed by atoms with van der Waals surface area (Å²) in [4.78, 5) is 6.81. The van der Waals surface area contributed by atoms with E-state index < -0.39 is 0 Å². The van der Waals surface area contributed by atoms with E-state index in [2.05, 4.69) is 48.3 Å². The van der Waals surface area contributed by atoms with Gasteiger partial charge in [-0.15, -0.1) is 0 Å². The minimum Gasteiger partial charge on any atom is -0.378 e. The number of methoxy groups -OCH3 is 1. The average molecular weight is 310 g/mol. The fourth-order valence-corrected chi connectivity index (χ4v) is 3.76. The monoisotopic (exact) mass is 310 g/mol. The third kappa shape index (κ3) is 3.40. The van der Waals surface area contributed by atoms with Gasteiger partial charge in [0.2, 0.25) is 0 Å². The lowest BCUT2D eigenvalue weighted by Crippen LogP contribution is -2.69. The lowest BCUT2D eigenvalue weighted by Gasteiger charge is -2.59. The Bertz CT molecular complexity index is 409. The molecule has 1 aliphatic carbocycles. The number of nitrogens with zero attached hydrogens (tertiary/aromatic N) is 2. The molecule has 0 aromatic heterocycles. The summed E-state index contributed by atoms with van der Waals surface area (Å²) in [5.74, 6) is 1.64. The number of guanidine groups is 1. The number of aliphatic imine (C=N–C) groups is 1. The number of nitrogens with one attached hydrogen (secondary N) is 2. The molecule has 2 fully saturated rings. The van der Waals surface area contributed by atoms with Crippen LogP contribution in [0.3, 0.4) is 0 Å². The van der Waals surface area contributed by atoms with Crippen LogP contribution in [0.1, 0.15) is 40.0 Å². The Morgan fingerprint density at radius 3 is 2.64 bits per heavy atom. The van der Waals surface area contributed by atoms with Crippen LogP contribution in [0, 0.1) is 11.3 Å². The molecule has 0 aromatic carbocycles. The number of ether oxygens (including phenoxy) is 1. The molecule has 3 atom stereocenters. The maximum Gasteiger partial charge on any atom is 0.191 e. The van der Waals surface area contributed by atoms with Crippen LogP contribution in [0.5, 0.6) is 0 Å². The van der Waals surface area contributed by atoms with Crippen LogP contribution in [0.15, 0.2) is 4.99 Å². The Morgan fingerprint density at radius 1 is 1.36 bits per heavy atom. The van der Waals surface area contributed by atoms with Crippen molar-refractivity contribution in [2.75, 3.05) is 40.8 Å². The second kappa shape index (κ2) is 6.75. The van der Waals surface area contributed by atoms with Gasteiger partial charge in [-0.05, 0) is 45.7 Å². The molecule has 22 heavy (non-hydrogen) atoms. The first kappa shape index (κ1) is 17.5. The van der Waals surface area contributed by atoms with Gasteiger partial charge in [0.05, 0.1) is 5.60 Å². The quantitative estimate of drug-likeness (QED) is 0.613. The molecule has 3 unspecified atom stereocenters. The zero-order chi connectivity index (χ0) is 16.4.